The number of nitrogens with zero attached hydrogens (tertiary/aromatic N) is 2. The Labute approximate surface area is 150 Å². The normalized spacial score (nSPS) is 16.7. The first-order chi connectivity index (χ1) is 12.7. The van der Waals surface area contributed by atoms with Crippen molar-refractivity contribution in [3.8, 4) is 11.3 Å². The summed E-state index contributed by atoms with van der Waals surface area (Å²) in [5.41, 5.74) is 2.40. The van der Waals surface area contributed by atoms with Gasteiger partial charge in [0.2, 0.25) is 0 Å². The minimum atomic E-state index is -0.259. The zero-order valence-corrected chi connectivity index (χ0v) is 14.2. The van der Waals surface area contributed by atoms with Crippen molar-refractivity contribution in [1.29, 1.82) is 0 Å². The summed E-state index contributed by atoms with van der Waals surface area (Å²) in [6, 6.07) is 17.6. The number of H-pyrrole nitrogens is 1. The lowest BCUT2D eigenvalue weighted by atomic mass is 10.1. The number of carbonyl (C=O) groups is 1. The van der Waals surface area contributed by atoms with E-state index in [1.165, 1.54) is 12.1 Å². The highest BCUT2D eigenvalue weighted by molar-refractivity contribution is 5.94. The number of aromatic nitrogens is 2. The van der Waals surface area contributed by atoms with Crippen LogP contribution in [0.3, 0.4) is 0 Å². The Hall–Kier alpha value is -3.15. The van der Waals surface area contributed by atoms with E-state index in [0.717, 1.165) is 30.0 Å². The Bertz CT molecular complexity index is 892. The first-order valence-corrected chi connectivity index (χ1v) is 8.61. The van der Waals surface area contributed by atoms with Gasteiger partial charge in [-0.25, -0.2) is 4.39 Å². The van der Waals surface area contributed by atoms with Gasteiger partial charge in [-0.05, 0) is 48.4 Å². The van der Waals surface area contributed by atoms with Gasteiger partial charge < -0.3 is 10.2 Å². The number of halogens is 1. The average Bonchev–Trinajstić information content (AvgIpc) is 3.32. The molecule has 26 heavy (non-hydrogen) atoms. The Balaban J connectivity index is 1.40. The Morgan fingerprint density at radius 1 is 1.15 bits per heavy atom. The molecule has 1 atom stereocenters. The van der Waals surface area contributed by atoms with Crippen LogP contribution in [0.1, 0.15) is 16.8 Å². The van der Waals surface area contributed by atoms with E-state index in [1.54, 1.807) is 12.1 Å². The van der Waals surface area contributed by atoms with Gasteiger partial charge in [0.25, 0.3) is 5.91 Å². The van der Waals surface area contributed by atoms with Gasteiger partial charge in [-0.15, -0.1) is 0 Å². The fraction of sp³-hybridized carbons (Fsp3) is 0.200. The number of anilines is 1. The first-order valence-electron chi connectivity index (χ1n) is 8.61. The average molecular weight is 350 g/mol. The van der Waals surface area contributed by atoms with Gasteiger partial charge in [-0.3, -0.25) is 9.89 Å². The number of hydrogen-bond donors (Lipinski definition) is 2. The van der Waals surface area contributed by atoms with Crippen molar-refractivity contribution in [2.24, 2.45) is 0 Å². The van der Waals surface area contributed by atoms with E-state index in [2.05, 4.69) is 20.4 Å². The van der Waals surface area contributed by atoms with E-state index in [9.17, 15) is 9.18 Å². The zero-order chi connectivity index (χ0) is 17.9. The van der Waals surface area contributed by atoms with Crippen LogP contribution in [-0.4, -0.2) is 35.2 Å². The van der Waals surface area contributed by atoms with E-state index in [-0.39, 0.29) is 17.8 Å². The molecule has 0 aliphatic carbocycles. The number of benzene rings is 2. The van der Waals surface area contributed by atoms with Crippen molar-refractivity contribution >= 4 is 11.7 Å². The SMILES string of the molecule is O=C(N[C@H]1CCN(c2cc(-c3ccc(F)cc3)[nH]n2)C1)c1ccccc1. The van der Waals surface area contributed by atoms with Crippen LogP contribution in [0.5, 0.6) is 0 Å². The highest BCUT2D eigenvalue weighted by Crippen LogP contribution is 2.24. The number of aromatic amines is 1. The molecule has 1 fully saturated rings. The smallest absolute Gasteiger partial charge is 0.251 e. The molecule has 2 aromatic carbocycles. The Morgan fingerprint density at radius 3 is 2.69 bits per heavy atom. The second-order valence-electron chi connectivity index (χ2n) is 6.42. The molecule has 4 rings (SSSR count). The maximum absolute atomic E-state index is 13.1. The topological polar surface area (TPSA) is 61.0 Å². The third-order valence-corrected chi connectivity index (χ3v) is 4.60. The minimum Gasteiger partial charge on any atom is -0.353 e. The van der Waals surface area contributed by atoms with Gasteiger partial charge in [0.15, 0.2) is 5.82 Å². The van der Waals surface area contributed by atoms with Crippen LogP contribution >= 0.6 is 0 Å². The number of rotatable bonds is 4. The molecular formula is C20H19FN4O. The number of amides is 1. The van der Waals surface area contributed by atoms with Crippen LogP contribution in [0.4, 0.5) is 10.2 Å². The van der Waals surface area contributed by atoms with Crippen molar-refractivity contribution in [3.63, 3.8) is 0 Å². The second-order valence-corrected chi connectivity index (χ2v) is 6.42. The lowest BCUT2D eigenvalue weighted by Gasteiger charge is -2.16. The van der Waals surface area contributed by atoms with Crippen molar-refractivity contribution < 1.29 is 9.18 Å². The standard InChI is InChI=1S/C20H19FN4O/c21-16-8-6-14(7-9-16)18-12-19(24-23-18)25-11-10-17(13-25)22-20(26)15-4-2-1-3-5-15/h1-9,12,17H,10-11,13H2,(H,22,26)(H,23,24)/t17-/m0/s1. The third kappa shape index (κ3) is 3.44. The maximum atomic E-state index is 13.1. The molecule has 1 amide bonds. The quantitative estimate of drug-likeness (QED) is 0.759. The fourth-order valence-electron chi connectivity index (χ4n) is 3.19. The molecule has 3 aromatic rings. The lowest BCUT2D eigenvalue weighted by Crippen LogP contribution is -2.37. The summed E-state index contributed by atoms with van der Waals surface area (Å²) >= 11 is 0. The molecule has 1 aliphatic heterocycles. The summed E-state index contributed by atoms with van der Waals surface area (Å²) < 4.78 is 13.1. The number of hydrogen-bond acceptors (Lipinski definition) is 3. The molecular weight excluding hydrogens is 331 g/mol. The highest BCUT2D eigenvalue weighted by atomic mass is 19.1. The molecule has 0 saturated carbocycles. The molecule has 0 radical (unpaired) electrons. The molecule has 1 aliphatic rings. The highest BCUT2D eigenvalue weighted by Gasteiger charge is 2.26. The van der Waals surface area contributed by atoms with Crippen LogP contribution in [0.15, 0.2) is 60.7 Å². The molecule has 0 bridgehead atoms. The predicted octanol–water partition coefficient (Wildman–Crippen LogP) is 3.22. The molecule has 0 spiro atoms. The van der Waals surface area contributed by atoms with Crippen LogP contribution in [0.2, 0.25) is 0 Å². The summed E-state index contributed by atoms with van der Waals surface area (Å²) in [5.74, 6) is 0.525. The van der Waals surface area contributed by atoms with E-state index in [4.69, 9.17) is 0 Å². The summed E-state index contributed by atoms with van der Waals surface area (Å²) in [7, 11) is 0. The predicted molar refractivity (Wildman–Crippen MR) is 98.5 cm³/mol. The van der Waals surface area contributed by atoms with Crippen molar-refractivity contribution in [2.45, 2.75) is 12.5 Å². The van der Waals surface area contributed by atoms with Crippen molar-refractivity contribution in [3.05, 3.63) is 72.0 Å². The summed E-state index contributed by atoms with van der Waals surface area (Å²) in [4.78, 5) is 14.4. The molecule has 2 N–H and O–H groups in total. The summed E-state index contributed by atoms with van der Waals surface area (Å²) in [6.07, 6.45) is 0.872. The fourth-order valence-corrected chi connectivity index (χ4v) is 3.19. The molecule has 6 heteroatoms. The van der Waals surface area contributed by atoms with Gasteiger partial charge in [0, 0.05) is 30.8 Å². The molecule has 132 valence electrons. The number of nitrogens with one attached hydrogen (secondary N) is 2. The van der Waals surface area contributed by atoms with Gasteiger partial charge in [-0.1, -0.05) is 18.2 Å². The van der Waals surface area contributed by atoms with E-state index in [0.29, 0.717) is 12.1 Å². The van der Waals surface area contributed by atoms with Crippen LogP contribution in [-0.2, 0) is 0 Å². The Morgan fingerprint density at radius 2 is 1.92 bits per heavy atom. The lowest BCUT2D eigenvalue weighted by molar-refractivity contribution is 0.0940. The van der Waals surface area contributed by atoms with Gasteiger partial charge in [0.1, 0.15) is 5.82 Å². The molecule has 1 aromatic heterocycles. The van der Waals surface area contributed by atoms with Gasteiger partial charge in [0.05, 0.1) is 5.69 Å². The van der Waals surface area contributed by atoms with Crippen LogP contribution < -0.4 is 10.2 Å². The van der Waals surface area contributed by atoms with Crippen molar-refractivity contribution in [2.75, 3.05) is 18.0 Å². The van der Waals surface area contributed by atoms with Crippen LogP contribution in [0.25, 0.3) is 11.3 Å². The van der Waals surface area contributed by atoms with Crippen LogP contribution in [0, 0.1) is 5.82 Å². The molecule has 1 saturated heterocycles. The monoisotopic (exact) mass is 350 g/mol. The maximum Gasteiger partial charge on any atom is 0.251 e. The molecule has 5 nitrogen and oxygen atoms in total. The summed E-state index contributed by atoms with van der Waals surface area (Å²) in [5, 5.41) is 10.4. The molecule has 0 unspecified atom stereocenters. The third-order valence-electron chi connectivity index (χ3n) is 4.60. The largest absolute Gasteiger partial charge is 0.353 e. The van der Waals surface area contributed by atoms with Crippen molar-refractivity contribution in [1.82, 2.24) is 15.5 Å². The first kappa shape index (κ1) is 16.3. The molecule has 2 heterocycles. The number of carbonyl (C=O) groups excluding carboxylic acids is 1. The van der Waals surface area contributed by atoms with Gasteiger partial charge in [-0.2, -0.15) is 5.10 Å². The second kappa shape index (κ2) is 7.00. The van der Waals surface area contributed by atoms with E-state index in [1.807, 2.05) is 36.4 Å². The Kier molecular flexibility index (Phi) is 4.39. The van der Waals surface area contributed by atoms with E-state index >= 15 is 0 Å². The van der Waals surface area contributed by atoms with E-state index < -0.39 is 0 Å². The minimum absolute atomic E-state index is 0.0496. The van der Waals surface area contributed by atoms with Gasteiger partial charge >= 0.3 is 0 Å². The zero-order valence-electron chi connectivity index (χ0n) is 14.2. The summed E-state index contributed by atoms with van der Waals surface area (Å²) in [6.45, 7) is 1.54.